The van der Waals surface area contributed by atoms with Crippen molar-refractivity contribution >= 4 is 16.4 Å². The van der Waals surface area contributed by atoms with E-state index < -0.39 is 21.4 Å². The van der Waals surface area contributed by atoms with Crippen LogP contribution in [0, 0.1) is 0 Å². The number of rotatable bonds is 6. The Balaban J connectivity index is 2.23. The topological polar surface area (TPSA) is 69.7 Å². The molecule has 0 N–H and O–H groups in total. The van der Waals surface area contributed by atoms with Gasteiger partial charge in [0.1, 0.15) is 12.4 Å². The minimum Gasteiger partial charge on any atom is -0.489 e. The van der Waals surface area contributed by atoms with Gasteiger partial charge in [0, 0.05) is 6.07 Å². The maximum atomic E-state index is 12.4. The number of alkyl halides is 3. The van der Waals surface area contributed by atoms with E-state index >= 15 is 0 Å². The van der Waals surface area contributed by atoms with Gasteiger partial charge in [-0.05, 0) is 17.7 Å². The van der Waals surface area contributed by atoms with E-state index in [1.54, 1.807) is 30.3 Å². The minimum absolute atomic E-state index is 0.0526. The molecule has 0 aliphatic carbocycles. The van der Waals surface area contributed by atoms with E-state index in [2.05, 4.69) is 4.18 Å². The molecule has 9 heteroatoms. The lowest BCUT2D eigenvalue weighted by molar-refractivity contribution is -0.0500. The Hall–Kier alpha value is -2.55. The molecule has 0 spiro atoms. The van der Waals surface area contributed by atoms with Gasteiger partial charge in [0.15, 0.2) is 12.0 Å². The molecule has 0 atom stereocenters. The van der Waals surface area contributed by atoms with E-state index in [1.165, 1.54) is 6.07 Å². The largest absolute Gasteiger partial charge is 0.534 e. The van der Waals surface area contributed by atoms with Gasteiger partial charge in [0.25, 0.3) is 0 Å². The van der Waals surface area contributed by atoms with Gasteiger partial charge in [-0.25, -0.2) is 0 Å². The van der Waals surface area contributed by atoms with Crippen LogP contribution in [-0.4, -0.2) is 20.2 Å². The summed E-state index contributed by atoms with van der Waals surface area (Å²) in [5, 5.41) is 0. The minimum atomic E-state index is -5.88. The van der Waals surface area contributed by atoms with Gasteiger partial charge in [-0.3, -0.25) is 4.79 Å². The van der Waals surface area contributed by atoms with Crippen LogP contribution in [0.4, 0.5) is 13.2 Å². The van der Waals surface area contributed by atoms with E-state index in [4.69, 9.17) is 4.74 Å². The summed E-state index contributed by atoms with van der Waals surface area (Å²) < 4.78 is 68.7. The molecular weight excluding hydrogens is 349 g/mol. The fourth-order valence-corrected chi connectivity index (χ4v) is 2.16. The summed E-state index contributed by atoms with van der Waals surface area (Å²) in [6.07, 6.45) is 0.183. The van der Waals surface area contributed by atoms with Crippen molar-refractivity contribution in [3.63, 3.8) is 0 Å². The second-order valence-electron chi connectivity index (χ2n) is 4.57. The second kappa shape index (κ2) is 6.91. The maximum absolute atomic E-state index is 12.4. The first-order valence-corrected chi connectivity index (χ1v) is 7.90. The fraction of sp³-hybridized carbons (Fsp3) is 0.133. The molecule has 0 bridgehead atoms. The Kier molecular flexibility index (Phi) is 5.13. The molecule has 0 fully saturated rings. The van der Waals surface area contributed by atoms with Crippen LogP contribution in [0.1, 0.15) is 15.9 Å². The summed E-state index contributed by atoms with van der Waals surface area (Å²) in [5.74, 6) is -0.704. The van der Waals surface area contributed by atoms with Gasteiger partial charge in [0.2, 0.25) is 0 Å². The van der Waals surface area contributed by atoms with Crippen LogP contribution in [0.25, 0.3) is 0 Å². The summed E-state index contributed by atoms with van der Waals surface area (Å²) in [4.78, 5) is 10.9. The molecule has 0 heterocycles. The molecule has 0 amide bonds. The molecule has 2 aromatic rings. The summed E-state index contributed by atoms with van der Waals surface area (Å²) in [7, 11) is -5.88. The zero-order valence-corrected chi connectivity index (χ0v) is 12.8. The molecule has 0 aromatic heterocycles. The van der Waals surface area contributed by atoms with Gasteiger partial charge in [-0.2, -0.15) is 21.6 Å². The summed E-state index contributed by atoms with van der Waals surface area (Å²) in [5.41, 5.74) is -5.16. The van der Waals surface area contributed by atoms with Crippen molar-refractivity contribution in [2.24, 2.45) is 0 Å². The lowest BCUT2D eigenvalue weighted by atomic mass is 10.2. The summed E-state index contributed by atoms with van der Waals surface area (Å²) in [6.45, 7) is 0.104. The zero-order valence-electron chi connectivity index (χ0n) is 12.0. The molecule has 5 nitrogen and oxygen atoms in total. The summed E-state index contributed by atoms with van der Waals surface area (Å²) in [6, 6.07) is 12.2. The monoisotopic (exact) mass is 360 g/mol. The number of ether oxygens (including phenoxy) is 1. The van der Waals surface area contributed by atoms with Crippen molar-refractivity contribution in [1.82, 2.24) is 0 Å². The first-order valence-electron chi connectivity index (χ1n) is 6.49. The molecule has 24 heavy (non-hydrogen) atoms. The first kappa shape index (κ1) is 17.8. The van der Waals surface area contributed by atoms with Crippen molar-refractivity contribution < 1.29 is 35.3 Å². The first-order chi connectivity index (χ1) is 11.2. The van der Waals surface area contributed by atoms with Crippen molar-refractivity contribution in [3.05, 3.63) is 59.7 Å². The van der Waals surface area contributed by atoms with Gasteiger partial charge in [-0.15, -0.1) is 0 Å². The van der Waals surface area contributed by atoms with E-state index in [-0.39, 0.29) is 24.2 Å². The lowest BCUT2D eigenvalue weighted by Gasteiger charge is -2.12. The quantitative estimate of drug-likeness (QED) is 0.449. The van der Waals surface area contributed by atoms with E-state index in [1.807, 2.05) is 0 Å². The molecule has 2 aromatic carbocycles. The number of halogens is 3. The average molecular weight is 360 g/mol. The normalized spacial score (nSPS) is 11.8. The highest BCUT2D eigenvalue weighted by molar-refractivity contribution is 7.88. The van der Waals surface area contributed by atoms with Crippen molar-refractivity contribution in [2.75, 3.05) is 0 Å². The van der Waals surface area contributed by atoms with Crippen LogP contribution < -0.4 is 8.92 Å². The van der Waals surface area contributed by atoms with Gasteiger partial charge in [-0.1, -0.05) is 30.3 Å². The SMILES string of the molecule is O=Cc1ccc(OCc2ccccc2)cc1OS(=O)(=O)C(F)(F)F. The molecule has 0 saturated heterocycles. The average Bonchev–Trinajstić information content (AvgIpc) is 2.52. The highest BCUT2D eigenvalue weighted by atomic mass is 32.2. The predicted molar refractivity (Wildman–Crippen MR) is 78.2 cm³/mol. The van der Waals surface area contributed by atoms with Crippen LogP contribution in [0.2, 0.25) is 0 Å². The van der Waals surface area contributed by atoms with Crippen LogP contribution in [0.5, 0.6) is 11.5 Å². The number of hydrogen-bond acceptors (Lipinski definition) is 5. The number of hydrogen-bond donors (Lipinski definition) is 0. The van der Waals surface area contributed by atoms with Crippen molar-refractivity contribution in [2.45, 2.75) is 12.1 Å². The predicted octanol–water partition coefficient (Wildman–Crippen LogP) is 3.31. The fourth-order valence-electron chi connectivity index (χ4n) is 1.68. The lowest BCUT2D eigenvalue weighted by Crippen LogP contribution is -2.28. The van der Waals surface area contributed by atoms with Crippen LogP contribution in [0.3, 0.4) is 0 Å². The number of carbonyl (C=O) groups is 1. The van der Waals surface area contributed by atoms with E-state index in [0.29, 0.717) is 0 Å². The Morgan fingerprint density at radius 3 is 2.29 bits per heavy atom. The second-order valence-corrected chi connectivity index (χ2v) is 6.11. The molecular formula is C15H11F3O5S. The van der Waals surface area contributed by atoms with Crippen molar-refractivity contribution in [1.29, 1.82) is 0 Å². The van der Waals surface area contributed by atoms with E-state index in [0.717, 1.165) is 17.7 Å². The van der Waals surface area contributed by atoms with Crippen LogP contribution >= 0.6 is 0 Å². The van der Waals surface area contributed by atoms with Crippen LogP contribution in [-0.2, 0) is 16.7 Å². The molecule has 0 radical (unpaired) electrons. The smallest absolute Gasteiger partial charge is 0.489 e. The number of benzene rings is 2. The van der Waals surface area contributed by atoms with Gasteiger partial charge < -0.3 is 8.92 Å². The Bertz CT molecular complexity index is 817. The number of aldehydes is 1. The van der Waals surface area contributed by atoms with Crippen LogP contribution in [0.15, 0.2) is 48.5 Å². The number of carbonyl (C=O) groups excluding carboxylic acids is 1. The summed E-state index contributed by atoms with van der Waals surface area (Å²) >= 11 is 0. The highest BCUT2D eigenvalue weighted by Crippen LogP contribution is 2.31. The van der Waals surface area contributed by atoms with E-state index in [9.17, 15) is 26.4 Å². The molecule has 0 unspecified atom stereocenters. The van der Waals surface area contributed by atoms with Crippen molar-refractivity contribution in [3.8, 4) is 11.5 Å². The third-order valence-corrected chi connectivity index (χ3v) is 3.81. The third kappa shape index (κ3) is 4.25. The highest BCUT2D eigenvalue weighted by Gasteiger charge is 2.48. The van der Waals surface area contributed by atoms with Gasteiger partial charge in [0.05, 0.1) is 5.56 Å². The molecule has 0 aliphatic rings. The maximum Gasteiger partial charge on any atom is 0.534 e. The molecule has 2 rings (SSSR count). The Morgan fingerprint density at radius 2 is 1.71 bits per heavy atom. The standard InChI is InChI=1S/C15H11F3O5S/c16-15(17,18)24(20,21)23-14-8-13(7-6-12(14)9-19)22-10-11-4-2-1-3-5-11/h1-9H,10H2. The Labute approximate surface area is 135 Å². The zero-order chi connectivity index (χ0) is 17.8. The third-order valence-electron chi connectivity index (χ3n) is 2.84. The molecule has 0 aliphatic heterocycles. The molecule has 128 valence electrons. The Morgan fingerprint density at radius 1 is 1.04 bits per heavy atom. The van der Waals surface area contributed by atoms with Gasteiger partial charge >= 0.3 is 15.6 Å². The molecule has 0 saturated carbocycles.